The number of carbonyl (C=O) groups excluding carboxylic acids is 3. The second kappa shape index (κ2) is 23.4. The highest BCUT2D eigenvalue weighted by Crippen LogP contribution is 2.38. The molecule has 2 amide bonds. The van der Waals surface area contributed by atoms with Gasteiger partial charge in [-0.1, -0.05) is 25.0 Å². The molecule has 1 aromatic heterocycles. The normalized spacial score (nSPS) is 18.6. The molecule has 17 nitrogen and oxygen atoms in total. The van der Waals surface area contributed by atoms with Crippen molar-refractivity contribution in [1.82, 2.24) is 19.7 Å². The maximum atomic E-state index is 15.3. The molecule has 0 unspecified atom stereocenters. The Morgan fingerprint density at radius 1 is 0.789 bits per heavy atom. The monoisotopic (exact) mass is 1040 g/mol. The van der Waals surface area contributed by atoms with Crippen LogP contribution >= 0.6 is 0 Å². The van der Waals surface area contributed by atoms with Crippen LogP contribution < -0.4 is 45.8 Å². The molecule has 21 heteroatoms. The lowest BCUT2D eigenvalue weighted by molar-refractivity contribution is -0.119. The molecular formula is C55H65B2F2N7O10. The topological polar surface area (TPSA) is 168 Å². The fourth-order valence-electron chi connectivity index (χ4n) is 10.8. The number of cyclic esters (lactones) is 1. The van der Waals surface area contributed by atoms with Gasteiger partial charge in [0.2, 0.25) is 5.91 Å². The molecular weight excluding hydrogens is 978 g/mol. The average Bonchev–Trinajstić information content (AvgIpc) is 3.97. The second-order valence-electron chi connectivity index (χ2n) is 20.4. The van der Waals surface area contributed by atoms with Crippen LogP contribution in [0.1, 0.15) is 67.1 Å². The third-order valence-electron chi connectivity index (χ3n) is 15.1. The second-order valence-corrected chi connectivity index (χ2v) is 20.4. The van der Waals surface area contributed by atoms with Gasteiger partial charge in [0.25, 0.3) is 0 Å². The fraction of sp³-hybridized carbons (Fsp3) is 0.455. The molecule has 0 bridgehead atoms. The van der Waals surface area contributed by atoms with Crippen LogP contribution in [0.2, 0.25) is 6.82 Å². The zero-order valence-corrected chi connectivity index (χ0v) is 43.4. The van der Waals surface area contributed by atoms with Gasteiger partial charge in [-0.25, -0.2) is 13.6 Å². The number of fused-ring (bicyclic) bond motifs is 3. The first-order valence-electron chi connectivity index (χ1n) is 26.6. The molecule has 3 saturated heterocycles. The molecule has 6 heterocycles. The van der Waals surface area contributed by atoms with E-state index in [0.717, 1.165) is 101 Å². The van der Waals surface area contributed by atoms with Gasteiger partial charge in [-0.3, -0.25) is 29.1 Å². The van der Waals surface area contributed by atoms with Crippen LogP contribution in [0.4, 0.5) is 30.6 Å². The number of anilines is 3. The number of pyridine rings is 1. The average molecular weight is 1040 g/mol. The molecule has 1 saturated carbocycles. The molecule has 4 aromatic carbocycles. The zero-order chi connectivity index (χ0) is 53.0. The highest BCUT2D eigenvalue weighted by atomic mass is 19.1. The molecule has 1 atom stereocenters. The molecule has 4 fully saturated rings. The van der Waals surface area contributed by atoms with E-state index in [9.17, 15) is 24.2 Å². The van der Waals surface area contributed by atoms with Gasteiger partial charge in [0.1, 0.15) is 29.2 Å². The Kier molecular flexibility index (Phi) is 16.3. The molecule has 0 radical (unpaired) electrons. The zero-order valence-electron chi connectivity index (χ0n) is 43.4. The van der Waals surface area contributed by atoms with Crippen LogP contribution in [0.5, 0.6) is 11.5 Å². The quantitative estimate of drug-likeness (QED) is 0.0746. The summed E-state index contributed by atoms with van der Waals surface area (Å²) >= 11 is 0. The molecule has 2 N–H and O–H groups in total. The number of carbonyl (C=O) groups is 3. The number of benzene rings is 4. The third-order valence-corrected chi connectivity index (χ3v) is 15.1. The Morgan fingerprint density at radius 2 is 1.47 bits per heavy atom. The van der Waals surface area contributed by atoms with Crippen molar-refractivity contribution in [2.24, 2.45) is 0 Å². The van der Waals surface area contributed by atoms with E-state index in [4.69, 9.17) is 23.5 Å². The molecule has 400 valence electrons. The number of amides is 2. The molecule has 6 aliphatic rings. The minimum atomic E-state index is -0.878. The van der Waals surface area contributed by atoms with Crippen molar-refractivity contribution >= 4 is 70.7 Å². The van der Waals surface area contributed by atoms with Crippen molar-refractivity contribution in [3.8, 4) is 11.5 Å². The lowest BCUT2D eigenvalue weighted by Gasteiger charge is -2.36. The minimum Gasteiger partial charge on any atom is -0.494 e. The summed E-state index contributed by atoms with van der Waals surface area (Å²) in [6, 6.07) is 20.0. The summed E-state index contributed by atoms with van der Waals surface area (Å²) in [6.45, 7) is 15.6. The van der Waals surface area contributed by atoms with Crippen LogP contribution in [0.25, 0.3) is 10.9 Å². The van der Waals surface area contributed by atoms with Crippen LogP contribution in [0.3, 0.4) is 0 Å². The Hall–Kier alpha value is -6.51. The lowest BCUT2D eigenvalue weighted by Crippen LogP contribution is -2.47. The van der Waals surface area contributed by atoms with Crippen molar-refractivity contribution in [3.05, 3.63) is 111 Å². The van der Waals surface area contributed by atoms with E-state index < -0.39 is 30.6 Å². The first-order valence-corrected chi connectivity index (χ1v) is 26.6. The van der Waals surface area contributed by atoms with E-state index in [1.54, 1.807) is 24.4 Å². The number of ether oxygens (including phenoxy) is 3. The van der Waals surface area contributed by atoms with E-state index in [-0.39, 0.29) is 54.5 Å². The van der Waals surface area contributed by atoms with Crippen molar-refractivity contribution in [2.75, 3.05) is 106 Å². The minimum absolute atomic E-state index is 0.0693. The van der Waals surface area contributed by atoms with Gasteiger partial charge in [-0.2, -0.15) is 0 Å². The molecule has 76 heavy (non-hydrogen) atoms. The smallest absolute Gasteiger partial charge is 0.491 e. The molecule has 5 aliphatic heterocycles. The van der Waals surface area contributed by atoms with Gasteiger partial charge in [0, 0.05) is 90.0 Å². The van der Waals surface area contributed by atoms with Gasteiger partial charge < -0.3 is 48.2 Å². The Balaban J connectivity index is 0.000000173. The first-order chi connectivity index (χ1) is 36.8. The molecule has 11 rings (SSSR count). The highest BCUT2D eigenvalue weighted by molar-refractivity contribution is 6.68. The Labute approximate surface area is 441 Å². The Bertz CT molecular complexity index is 3020. The summed E-state index contributed by atoms with van der Waals surface area (Å²) in [5.41, 5.74) is 6.05. The summed E-state index contributed by atoms with van der Waals surface area (Å²) in [4.78, 5) is 58.5. The summed E-state index contributed by atoms with van der Waals surface area (Å²) < 4.78 is 60.5. The molecule has 0 spiro atoms. The van der Waals surface area contributed by atoms with Crippen LogP contribution in [0.15, 0.2) is 77.7 Å². The van der Waals surface area contributed by atoms with E-state index in [1.165, 1.54) is 41.9 Å². The molecule has 5 aromatic rings. The summed E-state index contributed by atoms with van der Waals surface area (Å²) in [6.07, 6.45) is 4.41. The number of piperazine rings is 2. The van der Waals surface area contributed by atoms with Crippen LogP contribution in [-0.2, 0) is 32.1 Å². The number of rotatable bonds is 17. The van der Waals surface area contributed by atoms with Gasteiger partial charge >= 0.3 is 20.1 Å². The van der Waals surface area contributed by atoms with E-state index >= 15 is 8.78 Å². The maximum Gasteiger partial charge on any atom is 0.491 e. The number of hydrogen-bond donors (Lipinski definition) is 2. The lowest BCUT2D eigenvalue weighted by atomic mass is 9.64. The number of aromatic nitrogens is 1. The van der Waals surface area contributed by atoms with E-state index in [0.29, 0.717) is 62.1 Å². The van der Waals surface area contributed by atoms with Crippen molar-refractivity contribution in [2.45, 2.75) is 71.7 Å². The number of nitrogens with one attached hydrogen (secondary N) is 1. The third kappa shape index (κ3) is 12.0. The summed E-state index contributed by atoms with van der Waals surface area (Å²) in [7, 11) is -0.878. The van der Waals surface area contributed by atoms with Gasteiger partial charge in [0.15, 0.2) is 11.2 Å². The van der Waals surface area contributed by atoms with Crippen LogP contribution in [-0.4, -0.2) is 149 Å². The predicted octanol–water partition coefficient (Wildman–Crippen LogP) is 4.72. The number of halogens is 2. The Morgan fingerprint density at radius 3 is 2.16 bits per heavy atom. The van der Waals surface area contributed by atoms with Gasteiger partial charge in [-0.05, 0) is 103 Å². The maximum absolute atomic E-state index is 15.3. The predicted molar refractivity (Wildman–Crippen MR) is 288 cm³/mol. The van der Waals surface area contributed by atoms with Crippen molar-refractivity contribution in [1.29, 1.82) is 0 Å². The number of hydrogen-bond acceptors (Lipinski definition) is 14. The van der Waals surface area contributed by atoms with Gasteiger partial charge in [0.05, 0.1) is 67.7 Å². The molecule has 1 aliphatic carbocycles. The highest BCUT2D eigenvalue weighted by Gasteiger charge is 2.34. The number of ketones is 1. The van der Waals surface area contributed by atoms with E-state index in [2.05, 4.69) is 28.0 Å². The standard InChI is InChI=1S/C28H31BFN3O5.C27H34BFN4O5/c1-18(34)23-16-33(20-4-5-20)26-15-27(25(30)14-22(26)28(23)35)32-10-8-31(9-11-32)7-2-12-37-21-6-3-19-17-38-29(36)24(19)13-21;1-19(34)30-16-22-17-33(27(35)38-22)21-7-8-24(23(29)15-21)32-12-10-31(11-13-32)9-4-14-36-25-6-3-5-20-18-37-28(2)26(20)25/h3,6,13-16,20,36H,2,4-5,7-12,17H2,1H3;3,5-8,15,22H,4,9-14,16-18H2,1-2H3,(H,30,34)/t;22-/m.0/s1. The van der Waals surface area contributed by atoms with Gasteiger partial charge in [-0.15, -0.1) is 0 Å². The number of nitrogens with zero attached hydrogens (tertiary/aromatic N) is 6. The van der Waals surface area contributed by atoms with Crippen molar-refractivity contribution < 1.29 is 51.7 Å². The summed E-state index contributed by atoms with van der Waals surface area (Å²) in [5.74, 6) is 0.369. The van der Waals surface area contributed by atoms with Crippen molar-refractivity contribution in [3.63, 3.8) is 0 Å². The van der Waals surface area contributed by atoms with Crippen LogP contribution in [0, 0.1) is 11.6 Å². The summed E-state index contributed by atoms with van der Waals surface area (Å²) in [5, 5.41) is 12.8. The largest absolute Gasteiger partial charge is 0.494 e. The number of Topliss-reactive ketones (excluding diaryl/α,β-unsaturated/α-hetero) is 1. The van der Waals surface area contributed by atoms with E-state index in [1.807, 2.05) is 44.7 Å². The fourth-order valence-corrected chi connectivity index (χ4v) is 10.8. The SMILES string of the molecule is CB1OCc2cccc(OCCCN3CCN(c4ccc(N5C[C@H](CNC(C)=O)OC5=O)cc4F)CC3)c21.CC(=O)c1cn(C2CC2)c2cc(N3CCN(CCCOc4ccc5c(c4)B(O)OC5)CC3)c(F)cc2c1=O. The first kappa shape index (κ1) is 52.9.